The van der Waals surface area contributed by atoms with Crippen molar-refractivity contribution in [3.05, 3.63) is 59.2 Å². The smallest absolute Gasteiger partial charge is 0.352 e. The van der Waals surface area contributed by atoms with E-state index in [9.17, 15) is 18.0 Å². The topological polar surface area (TPSA) is 54.9 Å². The highest BCUT2D eigenvalue weighted by Gasteiger charge is 2.33. The van der Waals surface area contributed by atoms with Gasteiger partial charge < -0.3 is 5.32 Å². The molecule has 2 aromatic heterocycles. The highest BCUT2D eigenvalue weighted by molar-refractivity contribution is 5.78. The Morgan fingerprint density at radius 3 is 2.57 bits per heavy atom. The zero-order valence-electron chi connectivity index (χ0n) is 15.6. The van der Waals surface area contributed by atoms with Crippen molar-refractivity contribution in [2.24, 2.45) is 5.92 Å². The molecule has 3 rings (SSSR count). The Labute approximate surface area is 162 Å². The van der Waals surface area contributed by atoms with Crippen molar-refractivity contribution in [1.29, 1.82) is 0 Å². The number of carbonyl (C=O) groups is 1. The first-order valence-corrected chi connectivity index (χ1v) is 9.64. The minimum absolute atomic E-state index is 0.132. The molecule has 1 aliphatic carbocycles. The first kappa shape index (κ1) is 20.3. The molecule has 0 unspecified atom stereocenters. The highest BCUT2D eigenvalue weighted by atomic mass is 19.4. The van der Waals surface area contributed by atoms with E-state index in [2.05, 4.69) is 15.3 Å². The van der Waals surface area contributed by atoms with Gasteiger partial charge in [-0.25, -0.2) is 4.98 Å². The van der Waals surface area contributed by atoms with Gasteiger partial charge in [0.15, 0.2) is 0 Å². The summed E-state index contributed by atoms with van der Waals surface area (Å²) in [6, 6.07) is 7.76. The summed E-state index contributed by atoms with van der Waals surface area (Å²) in [6.07, 6.45) is 3.24. The van der Waals surface area contributed by atoms with Gasteiger partial charge in [0.25, 0.3) is 0 Å². The number of pyridine rings is 2. The fraction of sp³-hybridized carbons (Fsp3) is 0.476. The van der Waals surface area contributed by atoms with Gasteiger partial charge in [0.2, 0.25) is 5.91 Å². The molecule has 1 saturated carbocycles. The van der Waals surface area contributed by atoms with Gasteiger partial charge in [0.05, 0.1) is 6.42 Å². The molecule has 2 heterocycles. The number of carbonyl (C=O) groups excluding carboxylic acids is 1. The molecule has 1 amide bonds. The molecule has 0 saturated heterocycles. The van der Waals surface area contributed by atoms with Crippen LogP contribution in [0.15, 0.2) is 36.5 Å². The molecule has 0 aromatic carbocycles. The van der Waals surface area contributed by atoms with Crippen LogP contribution in [-0.2, 0) is 30.4 Å². The van der Waals surface area contributed by atoms with E-state index in [0.717, 1.165) is 31.7 Å². The Hall–Kier alpha value is -2.44. The number of alkyl halides is 3. The minimum Gasteiger partial charge on any atom is -0.352 e. The Morgan fingerprint density at radius 1 is 1.11 bits per heavy atom. The number of aromatic nitrogens is 2. The van der Waals surface area contributed by atoms with Crippen molar-refractivity contribution in [3.8, 4) is 0 Å². The van der Waals surface area contributed by atoms with Crippen molar-refractivity contribution in [3.63, 3.8) is 0 Å². The highest BCUT2D eigenvalue weighted by Crippen LogP contribution is 2.31. The van der Waals surface area contributed by atoms with Crippen molar-refractivity contribution in [1.82, 2.24) is 15.3 Å². The number of hydrogen-bond acceptors (Lipinski definition) is 3. The summed E-state index contributed by atoms with van der Waals surface area (Å²) in [5, 5.41) is 2.78. The summed E-state index contributed by atoms with van der Waals surface area (Å²) in [5.74, 6) is 0.134. The second-order valence-electron chi connectivity index (χ2n) is 7.28. The molecule has 1 N–H and O–H groups in total. The van der Waals surface area contributed by atoms with Gasteiger partial charge in [-0.05, 0) is 36.1 Å². The lowest BCUT2D eigenvalue weighted by atomic mass is 9.85. The lowest BCUT2D eigenvalue weighted by molar-refractivity contribution is -0.141. The van der Waals surface area contributed by atoms with Crippen LogP contribution in [0.2, 0.25) is 0 Å². The summed E-state index contributed by atoms with van der Waals surface area (Å²) in [6.45, 7) is 0.166. The van der Waals surface area contributed by atoms with E-state index in [4.69, 9.17) is 0 Å². The molecule has 0 aliphatic heterocycles. The van der Waals surface area contributed by atoms with Crippen LogP contribution >= 0.6 is 0 Å². The SMILES string of the molecule is O=C(Cc1ccccn1)NCc1ccc(C(F)(F)F)nc1CC1CCCCC1. The molecular formula is C21H24F3N3O. The van der Waals surface area contributed by atoms with Crippen LogP contribution in [0.5, 0.6) is 0 Å². The molecule has 150 valence electrons. The first-order chi connectivity index (χ1) is 13.4. The minimum atomic E-state index is -4.47. The van der Waals surface area contributed by atoms with E-state index in [1.54, 1.807) is 24.4 Å². The average Bonchev–Trinajstić information content (AvgIpc) is 2.68. The lowest BCUT2D eigenvalue weighted by Crippen LogP contribution is -2.26. The monoisotopic (exact) mass is 391 g/mol. The Kier molecular flexibility index (Phi) is 6.65. The number of hydrogen-bond donors (Lipinski definition) is 1. The van der Waals surface area contributed by atoms with Crippen molar-refractivity contribution >= 4 is 5.91 Å². The maximum absolute atomic E-state index is 13.1. The van der Waals surface area contributed by atoms with Gasteiger partial charge in [-0.2, -0.15) is 13.2 Å². The van der Waals surface area contributed by atoms with Crippen LogP contribution in [0.25, 0.3) is 0 Å². The molecule has 0 bridgehead atoms. The van der Waals surface area contributed by atoms with Crippen LogP contribution in [0.4, 0.5) is 13.2 Å². The third kappa shape index (κ3) is 5.78. The Morgan fingerprint density at radius 2 is 1.89 bits per heavy atom. The number of nitrogens with zero attached hydrogens (tertiary/aromatic N) is 2. The normalized spacial score (nSPS) is 15.4. The maximum Gasteiger partial charge on any atom is 0.433 e. The molecular weight excluding hydrogens is 367 g/mol. The second kappa shape index (κ2) is 9.17. The first-order valence-electron chi connectivity index (χ1n) is 9.64. The zero-order chi connectivity index (χ0) is 20.0. The van der Waals surface area contributed by atoms with E-state index >= 15 is 0 Å². The Balaban J connectivity index is 1.70. The standard InChI is InChI=1S/C21H24F3N3O/c22-21(23,24)19-10-9-16(18(27-19)12-15-6-2-1-3-7-15)14-26-20(28)13-17-8-4-5-11-25-17/h4-5,8-11,15H,1-3,6-7,12-14H2,(H,26,28). The molecule has 0 radical (unpaired) electrons. The molecule has 0 atom stereocenters. The van der Waals surface area contributed by atoms with E-state index in [-0.39, 0.29) is 18.9 Å². The van der Waals surface area contributed by atoms with Crippen molar-refractivity contribution in [2.75, 3.05) is 0 Å². The zero-order valence-corrected chi connectivity index (χ0v) is 15.6. The number of nitrogens with one attached hydrogen (secondary N) is 1. The van der Waals surface area contributed by atoms with Gasteiger partial charge in [-0.15, -0.1) is 0 Å². The average molecular weight is 391 g/mol. The third-order valence-electron chi connectivity index (χ3n) is 5.11. The number of halogens is 3. The van der Waals surface area contributed by atoms with E-state index in [1.807, 2.05) is 0 Å². The molecule has 1 aliphatic rings. The van der Waals surface area contributed by atoms with Gasteiger partial charge in [-0.1, -0.05) is 44.2 Å². The Bertz CT molecular complexity index is 787. The fourth-order valence-corrected chi connectivity index (χ4v) is 3.61. The summed E-state index contributed by atoms with van der Waals surface area (Å²) in [7, 11) is 0. The predicted molar refractivity (Wildman–Crippen MR) is 99.3 cm³/mol. The van der Waals surface area contributed by atoms with Crippen LogP contribution in [0.1, 0.15) is 54.7 Å². The van der Waals surface area contributed by atoms with Gasteiger partial charge >= 0.3 is 6.18 Å². The summed E-state index contributed by atoms with van der Waals surface area (Å²) in [5.41, 5.74) is 0.864. The van der Waals surface area contributed by atoms with E-state index < -0.39 is 11.9 Å². The molecule has 4 nitrogen and oxygen atoms in total. The maximum atomic E-state index is 13.1. The third-order valence-corrected chi connectivity index (χ3v) is 5.11. The molecule has 0 spiro atoms. The van der Waals surface area contributed by atoms with E-state index in [0.29, 0.717) is 29.3 Å². The van der Waals surface area contributed by atoms with Gasteiger partial charge in [0, 0.05) is 24.1 Å². The van der Waals surface area contributed by atoms with Crippen LogP contribution < -0.4 is 5.32 Å². The van der Waals surface area contributed by atoms with E-state index in [1.165, 1.54) is 12.5 Å². The summed E-state index contributed by atoms with van der Waals surface area (Å²) < 4.78 is 39.3. The largest absolute Gasteiger partial charge is 0.433 e. The number of amides is 1. The predicted octanol–water partition coefficient (Wildman–Crippen LogP) is 4.48. The lowest BCUT2D eigenvalue weighted by Gasteiger charge is -2.23. The quantitative estimate of drug-likeness (QED) is 0.790. The van der Waals surface area contributed by atoms with Crippen LogP contribution in [-0.4, -0.2) is 15.9 Å². The second-order valence-corrected chi connectivity index (χ2v) is 7.28. The van der Waals surface area contributed by atoms with Crippen molar-refractivity contribution in [2.45, 2.75) is 57.7 Å². The molecule has 1 fully saturated rings. The van der Waals surface area contributed by atoms with Crippen LogP contribution in [0, 0.1) is 5.92 Å². The fourth-order valence-electron chi connectivity index (χ4n) is 3.61. The van der Waals surface area contributed by atoms with Gasteiger partial charge in [-0.3, -0.25) is 9.78 Å². The summed E-state index contributed by atoms with van der Waals surface area (Å²) in [4.78, 5) is 20.2. The van der Waals surface area contributed by atoms with Gasteiger partial charge in [0.1, 0.15) is 5.69 Å². The number of rotatable bonds is 6. The van der Waals surface area contributed by atoms with Crippen LogP contribution in [0.3, 0.4) is 0 Å². The molecule has 7 heteroatoms. The molecule has 28 heavy (non-hydrogen) atoms. The van der Waals surface area contributed by atoms with Crippen molar-refractivity contribution < 1.29 is 18.0 Å². The summed E-state index contributed by atoms with van der Waals surface area (Å²) >= 11 is 0. The molecule has 2 aromatic rings.